The maximum absolute atomic E-state index is 13.7. The van der Waals surface area contributed by atoms with E-state index in [9.17, 15) is 14.0 Å². The third kappa shape index (κ3) is 4.35. The van der Waals surface area contributed by atoms with Crippen molar-refractivity contribution in [2.45, 2.75) is 27.2 Å². The highest BCUT2D eigenvalue weighted by molar-refractivity contribution is 5.94. The number of amides is 1. The van der Waals surface area contributed by atoms with E-state index in [1.807, 2.05) is 6.92 Å². The van der Waals surface area contributed by atoms with E-state index >= 15 is 0 Å². The van der Waals surface area contributed by atoms with Crippen LogP contribution in [-0.2, 0) is 4.79 Å². The maximum atomic E-state index is 13.7. The highest BCUT2D eigenvalue weighted by atomic mass is 19.1. The van der Waals surface area contributed by atoms with Gasteiger partial charge in [-0.15, -0.1) is 0 Å². The Labute approximate surface area is 112 Å². The number of carbonyl (C=O) groups is 2. The molecule has 0 spiro atoms. The van der Waals surface area contributed by atoms with E-state index in [-0.39, 0.29) is 23.1 Å². The molecule has 4 nitrogen and oxygen atoms in total. The molecule has 0 unspecified atom stereocenters. The molecule has 104 valence electrons. The van der Waals surface area contributed by atoms with E-state index in [0.29, 0.717) is 6.54 Å². The van der Waals surface area contributed by atoms with Crippen molar-refractivity contribution < 1.29 is 18.7 Å². The number of nitrogens with one attached hydrogen (secondary N) is 1. The van der Waals surface area contributed by atoms with E-state index < -0.39 is 11.8 Å². The van der Waals surface area contributed by atoms with Crippen LogP contribution in [0, 0.1) is 11.7 Å². The Bertz CT molecular complexity index is 472. The van der Waals surface area contributed by atoms with Crippen LogP contribution in [0.4, 0.5) is 4.39 Å². The summed E-state index contributed by atoms with van der Waals surface area (Å²) < 4.78 is 18.6. The number of ether oxygens (including phenoxy) is 1. The first kappa shape index (κ1) is 15.1. The van der Waals surface area contributed by atoms with Gasteiger partial charge < -0.3 is 10.1 Å². The van der Waals surface area contributed by atoms with Crippen molar-refractivity contribution in [1.82, 2.24) is 5.32 Å². The van der Waals surface area contributed by atoms with Crippen LogP contribution in [0.5, 0.6) is 5.75 Å². The molecular weight excluding hydrogens is 249 g/mol. The molecule has 1 amide bonds. The first-order chi connectivity index (χ1) is 8.95. The number of halogens is 1. The highest BCUT2D eigenvalue weighted by Gasteiger charge is 2.15. The van der Waals surface area contributed by atoms with Crippen LogP contribution in [0.25, 0.3) is 0 Å². The fourth-order valence-electron chi connectivity index (χ4n) is 1.29. The largest absolute Gasteiger partial charge is 0.423 e. The normalized spacial score (nSPS) is 10.4. The van der Waals surface area contributed by atoms with Crippen LogP contribution in [0.2, 0.25) is 0 Å². The van der Waals surface area contributed by atoms with Gasteiger partial charge in [-0.05, 0) is 24.6 Å². The first-order valence-electron chi connectivity index (χ1n) is 6.25. The summed E-state index contributed by atoms with van der Waals surface area (Å²) in [7, 11) is 0. The molecular formula is C14H18FNO3. The van der Waals surface area contributed by atoms with Gasteiger partial charge in [-0.2, -0.15) is 0 Å². The lowest BCUT2D eigenvalue weighted by atomic mass is 10.2. The monoisotopic (exact) mass is 267 g/mol. The maximum Gasteiger partial charge on any atom is 0.313 e. The van der Waals surface area contributed by atoms with Crippen LogP contribution < -0.4 is 10.1 Å². The van der Waals surface area contributed by atoms with Gasteiger partial charge in [0.25, 0.3) is 5.91 Å². The predicted molar refractivity (Wildman–Crippen MR) is 69.5 cm³/mol. The Morgan fingerprint density at radius 2 is 2.05 bits per heavy atom. The first-order valence-corrected chi connectivity index (χ1v) is 6.25. The highest BCUT2D eigenvalue weighted by Crippen LogP contribution is 2.19. The molecule has 19 heavy (non-hydrogen) atoms. The lowest BCUT2D eigenvalue weighted by Gasteiger charge is -2.09. The molecule has 0 aliphatic heterocycles. The lowest BCUT2D eigenvalue weighted by Crippen LogP contribution is -2.24. The molecule has 0 heterocycles. The van der Waals surface area contributed by atoms with Crippen molar-refractivity contribution in [2.75, 3.05) is 6.54 Å². The van der Waals surface area contributed by atoms with Gasteiger partial charge in [0.05, 0.1) is 5.92 Å². The minimum atomic E-state index is -0.724. The standard InChI is InChI=1S/C14H18FNO3/c1-4-7-16-13(17)10-5-6-12(11(15)8-10)19-14(18)9(2)3/h5-6,8-9H,4,7H2,1-3H3,(H,16,17). The lowest BCUT2D eigenvalue weighted by molar-refractivity contribution is -0.137. The van der Waals surface area contributed by atoms with Crippen molar-refractivity contribution in [3.05, 3.63) is 29.6 Å². The molecule has 0 bridgehead atoms. The summed E-state index contributed by atoms with van der Waals surface area (Å²) in [5.41, 5.74) is 0.204. The van der Waals surface area contributed by atoms with E-state index in [2.05, 4.69) is 5.32 Å². The summed E-state index contributed by atoms with van der Waals surface area (Å²) >= 11 is 0. The second-order valence-electron chi connectivity index (χ2n) is 4.48. The number of esters is 1. The van der Waals surface area contributed by atoms with E-state index in [1.165, 1.54) is 12.1 Å². The van der Waals surface area contributed by atoms with Crippen LogP contribution in [0.1, 0.15) is 37.6 Å². The van der Waals surface area contributed by atoms with Gasteiger partial charge in [0.1, 0.15) is 0 Å². The van der Waals surface area contributed by atoms with Crippen LogP contribution >= 0.6 is 0 Å². The Morgan fingerprint density at radius 1 is 1.37 bits per heavy atom. The molecule has 5 heteroatoms. The fourth-order valence-corrected chi connectivity index (χ4v) is 1.29. The smallest absolute Gasteiger partial charge is 0.313 e. The summed E-state index contributed by atoms with van der Waals surface area (Å²) in [6.07, 6.45) is 0.804. The van der Waals surface area contributed by atoms with Gasteiger partial charge in [0.15, 0.2) is 11.6 Å². The van der Waals surface area contributed by atoms with Gasteiger partial charge in [-0.25, -0.2) is 4.39 Å². The number of carbonyl (C=O) groups excluding carboxylic acids is 2. The number of hydrogen-bond acceptors (Lipinski definition) is 3. The second-order valence-corrected chi connectivity index (χ2v) is 4.48. The van der Waals surface area contributed by atoms with Crippen molar-refractivity contribution >= 4 is 11.9 Å². The molecule has 0 fully saturated rings. The van der Waals surface area contributed by atoms with Gasteiger partial charge in [0.2, 0.25) is 0 Å². The third-order valence-electron chi connectivity index (χ3n) is 2.41. The quantitative estimate of drug-likeness (QED) is 0.659. The van der Waals surface area contributed by atoms with Crippen molar-refractivity contribution in [1.29, 1.82) is 0 Å². The second kappa shape index (κ2) is 6.87. The van der Waals surface area contributed by atoms with Crippen molar-refractivity contribution in [3.8, 4) is 5.75 Å². The molecule has 1 aromatic carbocycles. The molecule has 0 atom stereocenters. The SMILES string of the molecule is CCCNC(=O)c1ccc(OC(=O)C(C)C)c(F)c1. The van der Waals surface area contributed by atoms with Crippen LogP contribution in [-0.4, -0.2) is 18.4 Å². The third-order valence-corrected chi connectivity index (χ3v) is 2.41. The summed E-state index contributed by atoms with van der Waals surface area (Å²) in [5.74, 6) is -2.08. The van der Waals surface area contributed by atoms with Crippen LogP contribution in [0.3, 0.4) is 0 Å². The zero-order valence-electron chi connectivity index (χ0n) is 11.3. The predicted octanol–water partition coefficient (Wildman–Crippen LogP) is 2.53. The Hall–Kier alpha value is -1.91. The molecule has 0 radical (unpaired) electrons. The van der Waals surface area contributed by atoms with E-state index in [0.717, 1.165) is 12.5 Å². The van der Waals surface area contributed by atoms with E-state index in [4.69, 9.17) is 4.74 Å². The number of benzene rings is 1. The molecule has 1 N–H and O–H groups in total. The Morgan fingerprint density at radius 3 is 2.58 bits per heavy atom. The molecule has 0 aromatic heterocycles. The molecule has 0 saturated carbocycles. The average molecular weight is 267 g/mol. The fraction of sp³-hybridized carbons (Fsp3) is 0.429. The average Bonchev–Trinajstić information content (AvgIpc) is 2.37. The van der Waals surface area contributed by atoms with Gasteiger partial charge >= 0.3 is 5.97 Å². The zero-order valence-corrected chi connectivity index (χ0v) is 11.3. The molecule has 1 aromatic rings. The molecule has 0 aliphatic rings. The van der Waals surface area contributed by atoms with E-state index in [1.54, 1.807) is 13.8 Å². The molecule has 1 rings (SSSR count). The topological polar surface area (TPSA) is 55.4 Å². The minimum Gasteiger partial charge on any atom is -0.423 e. The molecule has 0 saturated heterocycles. The van der Waals surface area contributed by atoms with Crippen molar-refractivity contribution in [2.24, 2.45) is 5.92 Å². The Kier molecular flexibility index (Phi) is 5.48. The summed E-state index contributed by atoms with van der Waals surface area (Å²) in [6.45, 7) is 5.78. The number of hydrogen-bond donors (Lipinski definition) is 1. The summed E-state index contributed by atoms with van der Waals surface area (Å²) in [5, 5.41) is 2.64. The summed E-state index contributed by atoms with van der Waals surface area (Å²) in [4.78, 5) is 23.0. The summed E-state index contributed by atoms with van der Waals surface area (Å²) in [6, 6.07) is 3.78. The minimum absolute atomic E-state index is 0.161. The van der Waals surface area contributed by atoms with Crippen LogP contribution in [0.15, 0.2) is 18.2 Å². The van der Waals surface area contributed by atoms with Gasteiger partial charge in [-0.3, -0.25) is 9.59 Å². The Balaban J connectivity index is 2.80. The molecule has 0 aliphatic carbocycles. The van der Waals surface area contributed by atoms with Gasteiger partial charge in [0, 0.05) is 12.1 Å². The number of rotatable bonds is 5. The van der Waals surface area contributed by atoms with Gasteiger partial charge in [-0.1, -0.05) is 20.8 Å². The zero-order chi connectivity index (χ0) is 14.4. The van der Waals surface area contributed by atoms with Crippen molar-refractivity contribution in [3.63, 3.8) is 0 Å².